The lowest BCUT2D eigenvalue weighted by Crippen LogP contribution is -2.49. The van der Waals surface area contributed by atoms with Crippen molar-refractivity contribution in [2.24, 2.45) is 5.92 Å². The number of nitrogens with zero attached hydrogens (tertiary/aromatic N) is 1. The molecule has 2 aliphatic rings. The summed E-state index contributed by atoms with van der Waals surface area (Å²) in [6.07, 6.45) is -4.67. The van der Waals surface area contributed by atoms with Crippen LogP contribution in [0.3, 0.4) is 0 Å². The van der Waals surface area contributed by atoms with Gasteiger partial charge in [-0.15, -0.1) is 0 Å². The van der Waals surface area contributed by atoms with Gasteiger partial charge in [-0.2, -0.15) is 13.2 Å². The quantitative estimate of drug-likeness (QED) is 0.790. The van der Waals surface area contributed by atoms with Crippen molar-refractivity contribution in [3.63, 3.8) is 0 Å². The first-order valence-corrected chi connectivity index (χ1v) is 6.66. The van der Waals surface area contributed by atoms with Gasteiger partial charge in [0.25, 0.3) is 0 Å². The van der Waals surface area contributed by atoms with Crippen molar-refractivity contribution < 1.29 is 23.1 Å². The lowest BCUT2D eigenvalue weighted by Gasteiger charge is -2.35. The van der Waals surface area contributed by atoms with Gasteiger partial charge in [0.2, 0.25) is 5.91 Å². The van der Waals surface area contributed by atoms with E-state index in [0.717, 1.165) is 19.4 Å². The molecule has 4 nitrogen and oxygen atoms in total. The number of likely N-dealkylation sites (tertiary alicyclic amines) is 1. The maximum absolute atomic E-state index is 12.4. The lowest BCUT2D eigenvalue weighted by molar-refractivity contribution is -0.223. The van der Waals surface area contributed by atoms with E-state index in [1.54, 1.807) is 4.90 Å². The first kappa shape index (κ1) is 14.6. The highest BCUT2D eigenvalue weighted by atomic mass is 19.4. The highest BCUT2D eigenvalue weighted by molar-refractivity contribution is 5.82. The van der Waals surface area contributed by atoms with Crippen LogP contribution in [0.15, 0.2) is 0 Å². The molecule has 1 amide bonds. The molecule has 0 aromatic carbocycles. The van der Waals surface area contributed by atoms with Crippen molar-refractivity contribution in [3.8, 4) is 0 Å². The average Bonchev–Trinajstić information content (AvgIpc) is 2.90. The number of carbonyl (C=O) groups excluding carboxylic acids is 1. The Kier molecular flexibility index (Phi) is 4.35. The second-order valence-electron chi connectivity index (χ2n) is 5.30. The lowest BCUT2D eigenvalue weighted by atomic mass is 9.90. The SMILES string of the molecule is O=C(C1CCCN1)N1CCC(C(O)C(F)(F)F)CC1. The van der Waals surface area contributed by atoms with E-state index in [1.165, 1.54) is 0 Å². The molecule has 2 saturated heterocycles. The van der Waals surface area contributed by atoms with Gasteiger partial charge in [0, 0.05) is 13.1 Å². The van der Waals surface area contributed by atoms with Crippen molar-refractivity contribution in [3.05, 3.63) is 0 Å². The van der Waals surface area contributed by atoms with Crippen molar-refractivity contribution in [2.45, 2.75) is 44.0 Å². The van der Waals surface area contributed by atoms with Crippen molar-refractivity contribution in [2.75, 3.05) is 19.6 Å². The third-order valence-corrected chi connectivity index (χ3v) is 3.99. The van der Waals surface area contributed by atoms with E-state index in [4.69, 9.17) is 0 Å². The molecule has 2 rings (SSSR count). The number of amides is 1. The summed E-state index contributed by atoms with van der Waals surface area (Å²) >= 11 is 0. The molecule has 0 spiro atoms. The van der Waals surface area contributed by atoms with Crippen LogP contribution in [0.25, 0.3) is 0 Å². The molecular formula is C12H19F3N2O2. The monoisotopic (exact) mass is 280 g/mol. The van der Waals surface area contributed by atoms with Crippen molar-refractivity contribution in [1.82, 2.24) is 10.2 Å². The Morgan fingerprint density at radius 1 is 1.26 bits per heavy atom. The Labute approximate surface area is 110 Å². The van der Waals surface area contributed by atoms with Crippen LogP contribution in [-0.2, 0) is 4.79 Å². The molecule has 0 aromatic rings. The smallest absolute Gasteiger partial charge is 0.383 e. The van der Waals surface area contributed by atoms with Gasteiger partial charge in [0.1, 0.15) is 0 Å². The zero-order valence-electron chi connectivity index (χ0n) is 10.6. The number of nitrogens with one attached hydrogen (secondary N) is 1. The van der Waals surface area contributed by atoms with E-state index < -0.39 is 18.2 Å². The minimum absolute atomic E-state index is 0.0163. The van der Waals surface area contributed by atoms with E-state index >= 15 is 0 Å². The maximum Gasteiger partial charge on any atom is 0.414 e. The zero-order chi connectivity index (χ0) is 14.0. The second-order valence-corrected chi connectivity index (χ2v) is 5.30. The molecule has 2 heterocycles. The molecule has 0 saturated carbocycles. The van der Waals surface area contributed by atoms with Crippen LogP contribution in [-0.4, -0.2) is 53.9 Å². The predicted molar refractivity (Wildman–Crippen MR) is 62.4 cm³/mol. The number of carbonyl (C=O) groups is 1. The van der Waals surface area contributed by atoms with Crippen LogP contribution in [0, 0.1) is 5.92 Å². The summed E-state index contributed by atoms with van der Waals surface area (Å²) in [5.74, 6) is -0.807. The predicted octanol–water partition coefficient (Wildman–Crippen LogP) is 0.900. The molecule has 0 radical (unpaired) electrons. The standard InChI is InChI=1S/C12H19F3N2O2/c13-12(14,15)10(18)8-3-6-17(7-4-8)11(19)9-2-1-5-16-9/h8-10,16,18H,1-7H2. The first-order valence-electron chi connectivity index (χ1n) is 6.66. The molecular weight excluding hydrogens is 261 g/mol. The fourth-order valence-electron chi connectivity index (χ4n) is 2.82. The normalized spacial score (nSPS) is 27.6. The molecule has 7 heteroatoms. The van der Waals surface area contributed by atoms with Crippen molar-refractivity contribution in [1.29, 1.82) is 0 Å². The van der Waals surface area contributed by atoms with E-state index in [2.05, 4.69) is 5.32 Å². The topological polar surface area (TPSA) is 52.6 Å². The summed E-state index contributed by atoms with van der Waals surface area (Å²) in [6, 6.07) is -0.177. The number of aliphatic hydroxyl groups excluding tert-OH is 1. The van der Waals surface area contributed by atoms with Crippen molar-refractivity contribution >= 4 is 5.91 Å². The highest BCUT2D eigenvalue weighted by Crippen LogP contribution is 2.31. The van der Waals surface area contributed by atoms with Gasteiger partial charge >= 0.3 is 6.18 Å². The number of rotatable bonds is 2. The largest absolute Gasteiger partial charge is 0.414 e. The first-order chi connectivity index (χ1) is 8.89. The van der Waals surface area contributed by atoms with Crippen LogP contribution in [0.2, 0.25) is 0 Å². The Bertz CT molecular complexity index is 321. The van der Waals surface area contributed by atoms with Crippen LogP contribution in [0.5, 0.6) is 0 Å². The van der Waals surface area contributed by atoms with E-state index in [1.807, 2.05) is 0 Å². The Balaban J connectivity index is 1.83. The third kappa shape index (κ3) is 3.39. The maximum atomic E-state index is 12.4. The Morgan fingerprint density at radius 3 is 2.37 bits per heavy atom. The average molecular weight is 280 g/mol. The summed E-state index contributed by atoms with van der Waals surface area (Å²) < 4.78 is 37.2. The molecule has 0 aliphatic carbocycles. The van der Waals surface area contributed by atoms with Crippen LogP contribution in [0.1, 0.15) is 25.7 Å². The van der Waals surface area contributed by atoms with Gasteiger partial charge < -0.3 is 15.3 Å². The van der Waals surface area contributed by atoms with Gasteiger partial charge in [0.15, 0.2) is 6.10 Å². The number of hydrogen-bond acceptors (Lipinski definition) is 3. The molecule has 110 valence electrons. The van der Waals surface area contributed by atoms with Crippen LogP contribution < -0.4 is 5.32 Å². The molecule has 2 fully saturated rings. The summed E-state index contributed by atoms with van der Waals surface area (Å²) in [6.45, 7) is 1.42. The molecule has 19 heavy (non-hydrogen) atoms. The van der Waals surface area contributed by atoms with Gasteiger partial charge in [0.05, 0.1) is 6.04 Å². The molecule has 0 aromatic heterocycles. The van der Waals surface area contributed by atoms with Crippen LogP contribution in [0.4, 0.5) is 13.2 Å². The fourth-order valence-corrected chi connectivity index (χ4v) is 2.82. The summed E-state index contributed by atoms with van der Waals surface area (Å²) in [7, 11) is 0. The van der Waals surface area contributed by atoms with Gasteiger partial charge in [-0.05, 0) is 38.1 Å². The fraction of sp³-hybridized carbons (Fsp3) is 0.917. The number of aliphatic hydroxyl groups is 1. The highest BCUT2D eigenvalue weighted by Gasteiger charge is 2.44. The van der Waals surface area contributed by atoms with Gasteiger partial charge in [-0.1, -0.05) is 0 Å². The van der Waals surface area contributed by atoms with Gasteiger partial charge in [-0.3, -0.25) is 4.79 Å². The molecule has 2 unspecified atom stereocenters. The molecule has 2 aliphatic heterocycles. The summed E-state index contributed by atoms with van der Waals surface area (Å²) in [5, 5.41) is 12.3. The molecule has 2 atom stereocenters. The third-order valence-electron chi connectivity index (χ3n) is 3.99. The summed E-state index contributed by atoms with van der Waals surface area (Å²) in [5.41, 5.74) is 0. The van der Waals surface area contributed by atoms with E-state index in [9.17, 15) is 23.1 Å². The number of hydrogen-bond donors (Lipinski definition) is 2. The minimum atomic E-state index is -4.57. The Morgan fingerprint density at radius 2 is 1.89 bits per heavy atom. The zero-order valence-corrected chi connectivity index (χ0v) is 10.6. The van der Waals surface area contributed by atoms with Crippen LogP contribution >= 0.6 is 0 Å². The number of halogens is 3. The minimum Gasteiger partial charge on any atom is -0.383 e. The molecule has 0 bridgehead atoms. The van der Waals surface area contributed by atoms with E-state index in [0.29, 0.717) is 13.1 Å². The second kappa shape index (κ2) is 5.66. The van der Waals surface area contributed by atoms with Gasteiger partial charge in [-0.25, -0.2) is 0 Å². The number of piperidine rings is 1. The van der Waals surface area contributed by atoms with E-state index in [-0.39, 0.29) is 24.8 Å². The summed E-state index contributed by atoms with van der Waals surface area (Å²) in [4.78, 5) is 13.7. The Hall–Kier alpha value is -0.820. The number of alkyl halides is 3. The molecule has 2 N–H and O–H groups in total.